The number of nitrogens with one attached hydrogen (secondary N) is 1. The average Bonchev–Trinajstić information content (AvgIpc) is 2.85. The van der Waals surface area contributed by atoms with E-state index in [4.69, 9.17) is 9.47 Å². The molecule has 0 aliphatic carbocycles. The second kappa shape index (κ2) is 11.5. The summed E-state index contributed by atoms with van der Waals surface area (Å²) in [6.45, 7) is 5.59. The summed E-state index contributed by atoms with van der Waals surface area (Å²) >= 11 is 0. The van der Waals surface area contributed by atoms with Gasteiger partial charge in [0, 0.05) is 5.69 Å². The van der Waals surface area contributed by atoms with Gasteiger partial charge in [0.1, 0.15) is 12.3 Å². The van der Waals surface area contributed by atoms with Gasteiger partial charge in [0.2, 0.25) is 5.91 Å². The molecule has 3 aromatic rings. The molecule has 0 heterocycles. The smallest absolute Gasteiger partial charge is 0.338 e. The van der Waals surface area contributed by atoms with E-state index in [9.17, 15) is 18.0 Å². The van der Waals surface area contributed by atoms with Gasteiger partial charge in [-0.05, 0) is 80.9 Å². The lowest BCUT2D eigenvalue weighted by molar-refractivity contribution is -0.114. The Morgan fingerprint density at radius 1 is 0.914 bits per heavy atom. The first-order chi connectivity index (χ1) is 16.8. The largest absolute Gasteiger partial charge is 0.494 e. The molecule has 35 heavy (non-hydrogen) atoms. The minimum atomic E-state index is -4.03. The zero-order valence-corrected chi connectivity index (χ0v) is 20.7. The maximum atomic E-state index is 13.4. The third-order valence-corrected chi connectivity index (χ3v) is 6.85. The zero-order chi connectivity index (χ0) is 25.4. The van der Waals surface area contributed by atoms with E-state index in [-0.39, 0.29) is 11.5 Å². The minimum Gasteiger partial charge on any atom is -0.494 e. The van der Waals surface area contributed by atoms with Crippen molar-refractivity contribution in [2.75, 3.05) is 29.4 Å². The van der Waals surface area contributed by atoms with Crippen LogP contribution in [0.3, 0.4) is 0 Å². The second-order valence-corrected chi connectivity index (χ2v) is 9.41. The van der Waals surface area contributed by atoms with Crippen LogP contribution in [0.1, 0.15) is 29.8 Å². The van der Waals surface area contributed by atoms with E-state index in [1.165, 1.54) is 12.1 Å². The topological polar surface area (TPSA) is 102 Å². The molecule has 0 unspecified atom stereocenters. The highest BCUT2D eigenvalue weighted by atomic mass is 32.2. The Labute approximate surface area is 205 Å². The molecule has 0 aliphatic rings. The number of anilines is 2. The molecule has 0 aliphatic heterocycles. The number of sulfonamides is 1. The minimum absolute atomic E-state index is 0.0663. The van der Waals surface area contributed by atoms with E-state index in [1.54, 1.807) is 74.5 Å². The summed E-state index contributed by atoms with van der Waals surface area (Å²) in [6, 6.07) is 19.2. The maximum absolute atomic E-state index is 13.4. The molecular formula is C26H28N2O6S. The molecule has 0 aromatic heterocycles. The van der Waals surface area contributed by atoms with Gasteiger partial charge in [0.05, 0.1) is 29.4 Å². The summed E-state index contributed by atoms with van der Waals surface area (Å²) in [4.78, 5) is 25.0. The first-order valence-corrected chi connectivity index (χ1v) is 12.6. The lowest BCUT2D eigenvalue weighted by Gasteiger charge is -2.24. The fourth-order valence-electron chi connectivity index (χ4n) is 3.38. The van der Waals surface area contributed by atoms with Crippen LogP contribution in [0.15, 0.2) is 77.7 Å². The van der Waals surface area contributed by atoms with Crippen molar-refractivity contribution < 1.29 is 27.5 Å². The molecule has 184 valence electrons. The van der Waals surface area contributed by atoms with Crippen LogP contribution in [0.2, 0.25) is 0 Å². The van der Waals surface area contributed by atoms with Crippen molar-refractivity contribution in [3.05, 3.63) is 83.9 Å². The summed E-state index contributed by atoms with van der Waals surface area (Å²) in [5.41, 5.74) is 1.79. The average molecular weight is 497 g/mol. The lowest BCUT2D eigenvalue weighted by Crippen LogP contribution is -2.38. The fraction of sp³-hybridized carbons (Fsp3) is 0.231. The highest BCUT2D eigenvalue weighted by molar-refractivity contribution is 7.92. The zero-order valence-electron chi connectivity index (χ0n) is 19.9. The summed E-state index contributed by atoms with van der Waals surface area (Å²) < 4.78 is 38.4. The summed E-state index contributed by atoms with van der Waals surface area (Å²) in [5, 5.41) is 2.74. The van der Waals surface area contributed by atoms with Gasteiger partial charge in [-0.15, -0.1) is 0 Å². The van der Waals surface area contributed by atoms with Crippen LogP contribution in [0.4, 0.5) is 11.4 Å². The predicted octanol–water partition coefficient (Wildman–Crippen LogP) is 4.40. The Bertz CT molecular complexity index is 1270. The molecule has 1 N–H and O–H groups in total. The van der Waals surface area contributed by atoms with Crippen molar-refractivity contribution in [3.63, 3.8) is 0 Å². The molecule has 0 fully saturated rings. The highest BCUT2D eigenvalue weighted by Gasteiger charge is 2.27. The van der Waals surface area contributed by atoms with E-state index in [2.05, 4.69) is 5.32 Å². The number of carbonyl (C=O) groups excluding carboxylic acids is 2. The summed E-state index contributed by atoms with van der Waals surface area (Å²) in [6.07, 6.45) is 0. The Kier molecular flexibility index (Phi) is 8.48. The molecule has 8 nitrogen and oxygen atoms in total. The van der Waals surface area contributed by atoms with Gasteiger partial charge in [-0.25, -0.2) is 13.2 Å². The molecule has 9 heteroatoms. The summed E-state index contributed by atoms with van der Waals surface area (Å²) in [5.74, 6) is -0.399. The van der Waals surface area contributed by atoms with Gasteiger partial charge in [0.15, 0.2) is 0 Å². The number of benzene rings is 3. The predicted molar refractivity (Wildman–Crippen MR) is 134 cm³/mol. The van der Waals surface area contributed by atoms with Crippen LogP contribution in [0, 0.1) is 6.92 Å². The molecule has 0 bridgehead atoms. The summed E-state index contributed by atoms with van der Waals surface area (Å²) in [7, 11) is -4.03. The van der Waals surface area contributed by atoms with Gasteiger partial charge in [0.25, 0.3) is 10.0 Å². The first-order valence-electron chi connectivity index (χ1n) is 11.1. The van der Waals surface area contributed by atoms with Gasteiger partial charge in [-0.1, -0.05) is 18.2 Å². The van der Waals surface area contributed by atoms with E-state index >= 15 is 0 Å². The van der Waals surface area contributed by atoms with Gasteiger partial charge in [-0.2, -0.15) is 0 Å². The highest BCUT2D eigenvalue weighted by Crippen LogP contribution is 2.26. The van der Waals surface area contributed by atoms with Gasteiger partial charge >= 0.3 is 5.97 Å². The van der Waals surface area contributed by atoms with Crippen molar-refractivity contribution >= 4 is 33.3 Å². The van der Waals surface area contributed by atoms with Crippen LogP contribution < -0.4 is 14.4 Å². The Balaban J connectivity index is 1.87. The molecule has 3 rings (SSSR count). The van der Waals surface area contributed by atoms with Crippen molar-refractivity contribution in [2.45, 2.75) is 25.7 Å². The van der Waals surface area contributed by atoms with Crippen molar-refractivity contribution in [2.24, 2.45) is 0 Å². The van der Waals surface area contributed by atoms with Crippen molar-refractivity contribution in [1.82, 2.24) is 0 Å². The molecule has 0 atom stereocenters. The van der Waals surface area contributed by atoms with Crippen LogP contribution in [-0.4, -0.2) is 40.1 Å². The maximum Gasteiger partial charge on any atom is 0.338 e. The van der Waals surface area contributed by atoms with Crippen LogP contribution in [0.5, 0.6) is 5.75 Å². The Morgan fingerprint density at radius 3 is 2.20 bits per heavy atom. The third-order valence-electron chi connectivity index (χ3n) is 5.07. The monoisotopic (exact) mass is 496 g/mol. The number of rotatable bonds is 10. The molecule has 0 saturated carbocycles. The first kappa shape index (κ1) is 25.8. The normalized spacial score (nSPS) is 10.9. The van der Waals surface area contributed by atoms with E-state index < -0.39 is 28.4 Å². The number of hydrogen-bond donors (Lipinski definition) is 1. The van der Waals surface area contributed by atoms with Crippen molar-refractivity contribution in [3.8, 4) is 5.75 Å². The van der Waals surface area contributed by atoms with Gasteiger partial charge < -0.3 is 14.8 Å². The standard InChI is InChI=1S/C26H28N2O6S/c1-4-33-22-14-12-21(13-15-22)28(35(31,32)23-9-7-6-8-10-23)18-25(29)27-24-16-11-20(17-19(24)3)26(30)34-5-2/h6-17H,4-5,18H2,1-3H3,(H,27,29). The lowest BCUT2D eigenvalue weighted by atomic mass is 10.1. The SMILES string of the molecule is CCOC(=O)c1ccc(NC(=O)CN(c2ccc(OCC)cc2)S(=O)(=O)c2ccccc2)c(C)c1. The third kappa shape index (κ3) is 6.39. The number of hydrogen-bond acceptors (Lipinski definition) is 6. The number of ether oxygens (including phenoxy) is 2. The van der Waals surface area contributed by atoms with Gasteiger partial charge in [-0.3, -0.25) is 9.10 Å². The fourth-order valence-corrected chi connectivity index (χ4v) is 4.82. The molecule has 3 aromatic carbocycles. The van der Waals surface area contributed by atoms with E-state index in [0.717, 1.165) is 4.31 Å². The van der Waals surface area contributed by atoms with E-state index in [1.807, 2.05) is 6.92 Å². The molecule has 1 amide bonds. The Morgan fingerprint density at radius 2 is 1.60 bits per heavy atom. The molecular weight excluding hydrogens is 468 g/mol. The number of aryl methyl sites for hydroxylation is 1. The quantitative estimate of drug-likeness (QED) is 0.417. The Hall–Kier alpha value is -3.85. The van der Waals surface area contributed by atoms with Crippen LogP contribution >= 0.6 is 0 Å². The van der Waals surface area contributed by atoms with Crippen LogP contribution in [-0.2, 0) is 19.6 Å². The number of amides is 1. The number of esters is 1. The molecule has 0 radical (unpaired) electrons. The molecule has 0 saturated heterocycles. The number of nitrogens with zero attached hydrogens (tertiary/aromatic N) is 1. The van der Waals surface area contributed by atoms with E-state index in [0.29, 0.717) is 34.9 Å². The van der Waals surface area contributed by atoms with Crippen molar-refractivity contribution in [1.29, 1.82) is 0 Å². The molecule has 0 spiro atoms. The van der Waals surface area contributed by atoms with Crippen LogP contribution in [0.25, 0.3) is 0 Å². The number of carbonyl (C=O) groups is 2. The second-order valence-electron chi connectivity index (χ2n) is 7.55.